The number of aliphatic carboxylic acids is 1. The molecule has 33 heavy (non-hydrogen) atoms. The van der Waals surface area contributed by atoms with Crippen LogP contribution in [-0.4, -0.2) is 67.4 Å². The summed E-state index contributed by atoms with van der Waals surface area (Å²) in [6.45, 7) is 2.05. The van der Waals surface area contributed by atoms with E-state index in [1.807, 2.05) is 36.4 Å². The van der Waals surface area contributed by atoms with E-state index in [4.69, 9.17) is 9.47 Å². The molecule has 0 bridgehead atoms. The zero-order valence-electron chi connectivity index (χ0n) is 19.1. The van der Waals surface area contributed by atoms with Gasteiger partial charge in [0.2, 0.25) is 0 Å². The fraction of sp³-hybridized carbons (Fsp3) is 0.400. The zero-order valence-corrected chi connectivity index (χ0v) is 19.1. The Hall–Kier alpha value is -3.39. The Labute approximate surface area is 193 Å². The van der Waals surface area contributed by atoms with E-state index in [2.05, 4.69) is 17.4 Å². The molecule has 2 aromatic rings. The molecule has 0 heterocycles. The maximum atomic E-state index is 12.6. The number of nitrogens with one attached hydrogen (secondary N) is 1. The van der Waals surface area contributed by atoms with E-state index < -0.39 is 30.1 Å². The highest BCUT2D eigenvalue weighted by Crippen LogP contribution is 2.44. The maximum absolute atomic E-state index is 12.6. The maximum Gasteiger partial charge on any atom is 0.407 e. The predicted octanol–water partition coefficient (Wildman–Crippen LogP) is 3.25. The Bertz CT molecular complexity index is 962. The third-order valence-electron chi connectivity index (χ3n) is 6.07. The van der Waals surface area contributed by atoms with Crippen LogP contribution in [0.5, 0.6) is 0 Å². The molecular weight excluding hydrogens is 424 g/mol. The molecule has 0 aromatic heterocycles. The lowest BCUT2D eigenvalue weighted by Crippen LogP contribution is -2.47. The normalized spacial score (nSPS) is 14.0. The minimum Gasteiger partial charge on any atom is -0.480 e. The highest BCUT2D eigenvalue weighted by molar-refractivity contribution is 5.86. The van der Waals surface area contributed by atoms with Crippen LogP contribution in [0.25, 0.3) is 11.1 Å². The Morgan fingerprint density at radius 3 is 2.15 bits per heavy atom. The number of carboxylic acids is 1. The smallest absolute Gasteiger partial charge is 0.407 e. The van der Waals surface area contributed by atoms with Gasteiger partial charge < -0.3 is 24.8 Å². The van der Waals surface area contributed by atoms with Gasteiger partial charge in [-0.3, -0.25) is 4.79 Å². The molecule has 3 rings (SSSR count). The number of fused-ring (bicyclic) bond motifs is 3. The van der Waals surface area contributed by atoms with Crippen LogP contribution in [0.15, 0.2) is 48.5 Å². The average Bonchev–Trinajstić information content (AvgIpc) is 3.14. The Morgan fingerprint density at radius 2 is 1.64 bits per heavy atom. The summed E-state index contributed by atoms with van der Waals surface area (Å²) >= 11 is 0. The summed E-state index contributed by atoms with van der Waals surface area (Å²) in [5, 5.41) is 11.9. The number of carbonyl (C=O) groups excluding carboxylic acids is 2. The number of nitrogens with zero attached hydrogens (tertiary/aromatic N) is 1. The number of hydrogen-bond acceptors (Lipinski definition) is 5. The van der Waals surface area contributed by atoms with Crippen molar-refractivity contribution in [2.24, 2.45) is 0 Å². The minimum atomic E-state index is -1.07. The van der Waals surface area contributed by atoms with Gasteiger partial charge in [-0.15, -0.1) is 0 Å². The van der Waals surface area contributed by atoms with E-state index in [0.29, 0.717) is 0 Å². The first-order chi connectivity index (χ1) is 15.9. The molecule has 2 aromatic carbocycles. The molecular formula is C25H30N2O6. The number of methoxy groups -OCH3 is 1. The number of carboxylic acid groups (broad SMARTS) is 1. The molecule has 0 saturated carbocycles. The average molecular weight is 455 g/mol. The van der Waals surface area contributed by atoms with Crippen molar-refractivity contribution in [3.8, 4) is 11.1 Å². The van der Waals surface area contributed by atoms with Gasteiger partial charge in [0.05, 0.1) is 0 Å². The van der Waals surface area contributed by atoms with Crippen LogP contribution >= 0.6 is 0 Å². The molecule has 0 aliphatic heterocycles. The summed E-state index contributed by atoms with van der Waals surface area (Å²) in [5.41, 5.74) is 4.56. The lowest BCUT2D eigenvalue weighted by molar-refractivity contribution is -0.154. The molecule has 1 aliphatic carbocycles. The monoisotopic (exact) mass is 454 g/mol. The molecule has 0 saturated heterocycles. The van der Waals surface area contributed by atoms with Gasteiger partial charge in [-0.1, -0.05) is 55.5 Å². The minimum absolute atomic E-state index is 0.0351. The quantitative estimate of drug-likeness (QED) is 0.571. The van der Waals surface area contributed by atoms with Crippen molar-refractivity contribution in [3.63, 3.8) is 0 Å². The molecule has 176 valence electrons. The summed E-state index contributed by atoms with van der Waals surface area (Å²) in [5.74, 6) is -1.55. The number of rotatable bonds is 10. The summed E-state index contributed by atoms with van der Waals surface area (Å²) < 4.78 is 10.7. The van der Waals surface area contributed by atoms with Crippen molar-refractivity contribution in [3.05, 3.63) is 59.7 Å². The van der Waals surface area contributed by atoms with Gasteiger partial charge in [0.15, 0.2) is 0 Å². The van der Waals surface area contributed by atoms with Crippen LogP contribution in [0, 0.1) is 0 Å². The summed E-state index contributed by atoms with van der Waals surface area (Å²) in [6, 6.07) is 15.3. The third-order valence-corrected chi connectivity index (χ3v) is 6.07. The van der Waals surface area contributed by atoms with Crippen LogP contribution in [0.1, 0.15) is 36.8 Å². The molecule has 8 heteroatoms. The second-order valence-corrected chi connectivity index (χ2v) is 7.98. The largest absolute Gasteiger partial charge is 0.480 e. The van der Waals surface area contributed by atoms with E-state index in [0.717, 1.165) is 22.3 Å². The zero-order chi connectivity index (χ0) is 24.0. The van der Waals surface area contributed by atoms with Crippen LogP contribution in [0.2, 0.25) is 0 Å². The van der Waals surface area contributed by atoms with Crippen LogP contribution in [0.3, 0.4) is 0 Å². The van der Waals surface area contributed by atoms with Crippen LogP contribution in [0.4, 0.5) is 4.79 Å². The van der Waals surface area contributed by atoms with Gasteiger partial charge in [-0.2, -0.15) is 0 Å². The molecule has 0 radical (unpaired) electrons. The molecule has 2 unspecified atom stereocenters. The summed E-state index contributed by atoms with van der Waals surface area (Å²) in [7, 11) is 2.82. The van der Waals surface area contributed by atoms with Crippen molar-refractivity contribution < 1.29 is 29.0 Å². The van der Waals surface area contributed by atoms with E-state index >= 15 is 0 Å². The second-order valence-electron chi connectivity index (χ2n) is 7.98. The summed E-state index contributed by atoms with van der Waals surface area (Å²) in [4.78, 5) is 37.4. The number of benzene rings is 2. The van der Waals surface area contributed by atoms with Crippen molar-refractivity contribution in [2.45, 2.75) is 37.8 Å². The van der Waals surface area contributed by atoms with Gasteiger partial charge in [-0.25, -0.2) is 9.59 Å². The van der Waals surface area contributed by atoms with Gasteiger partial charge in [0.1, 0.15) is 18.8 Å². The number of amides is 2. The molecule has 8 nitrogen and oxygen atoms in total. The fourth-order valence-corrected chi connectivity index (χ4v) is 4.29. The van der Waals surface area contributed by atoms with Gasteiger partial charge in [0, 0.05) is 33.0 Å². The molecule has 1 aliphatic rings. The molecule has 0 spiro atoms. The van der Waals surface area contributed by atoms with Crippen molar-refractivity contribution in [1.82, 2.24) is 10.2 Å². The van der Waals surface area contributed by atoms with Crippen molar-refractivity contribution >= 4 is 18.0 Å². The van der Waals surface area contributed by atoms with Gasteiger partial charge >= 0.3 is 12.1 Å². The van der Waals surface area contributed by atoms with Gasteiger partial charge in [-0.05, 0) is 28.7 Å². The number of hydrogen-bond donors (Lipinski definition) is 2. The van der Waals surface area contributed by atoms with Gasteiger partial charge in [0.25, 0.3) is 5.91 Å². The molecule has 2 amide bonds. The number of ether oxygens (including phenoxy) is 2. The van der Waals surface area contributed by atoms with Crippen LogP contribution in [-0.2, 0) is 19.1 Å². The SMILES string of the molecule is CCC(C(=O)O)N(C)C(=O)C(CCNC(=O)OCC1c2ccccc2-c2ccccc21)OC. The summed E-state index contributed by atoms with van der Waals surface area (Å²) in [6.07, 6.45) is -0.965. The molecule has 0 fully saturated rings. The van der Waals surface area contributed by atoms with E-state index in [1.54, 1.807) is 6.92 Å². The fourth-order valence-electron chi connectivity index (χ4n) is 4.29. The van der Waals surface area contributed by atoms with Crippen LogP contribution < -0.4 is 5.32 Å². The van der Waals surface area contributed by atoms with E-state index in [-0.39, 0.29) is 31.9 Å². The Morgan fingerprint density at radius 1 is 1.06 bits per heavy atom. The van der Waals surface area contributed by atoms with E-state index in [1.165, 1.54) is 19.1 Å². The highest BCUT2D eigenvalue weighted by atomic mass is 16.5. The first-order valence-corrected chi connectivity index (χ1v) is 11.0. The first kappa shape index (κ1) is 24.3. The standard InChI is InChI=1S/C25H30N2O6/c1-4-21(24(29)30)27(2)23(28)22(32-3)13-14-26-25(31)33-15-20-18-11-7-5-9-16(18)17-10-6-8-12-19(17)20/h5-12,20-22H,4,13-15H2,1-3H3,(H,26,31)(H,29,30). The lowest BCUT2D eigenvalue weighted by atomic mass is 9.98. The highest BCUT2D eigenvalue weighted by Gasteiger charge is 2.31. The lowest BCUT2D eigenvalue weighted by Gasteiger charge is -2.27. The predicted molar refractivity (Wildman–Crippen MR) is 123 cm³/mol. The van der Waals surface area contributed by atoms with E-state index in [9.17, 15) is 19.5 Å². The van der Waals surface area contributed by atoms with Crippen molar-refractivity contribution in [2.75, 3.05) is 27.3 Å². The molecule has 2 atom stereocenters. The number of alkyl carbamates (subject to hydrolysis) is 1. The number of carbonyl (C=O) groups is 3. The Kier molecular flexibility index (Phi) is 8.06. The first-order valence-electron chi connectivity index (χ1n) is 11.0. The van der Waals surface area contributed by atoms with Crippen molar-refractivity contribution in [1.29, 1.82) is 0 Å². The second kappa shape index (κ2) is 11.0. The number of likely N-dealkylation sites (N-methyl/N-ethyl adjacent to an activating group) is 1. The Balaban J connectivity index is 1.52. The topological polar surface area (TPSA) is 105 Å². The third kappa shape index (κ3) is 5.34. The molecule has 2 N–H and O–H groups in total.